The summed E-state index contributed by atoms with van der Waals surface area (Å²) < 4.78 is 1.62. The second kappa shape index (κ2) is 2.84. The monoisotopic (exact) mass is 198 g/mol. The maximum Gasteiger partial charge on any atom is 0.215 e. The van der Waals surface area contributed by atoms with Crippen molar-refractivity contribution in [3.8, 4) is 0 Å². The summed E-state index contributed by atoms with van der Waals surface area (Å²) >= 11 is 0. The molecule has 3 aromatic heterocycles. The molecule has 0 aliphatic carbocycles. The van der Waals surface area contributed by atoms with Gasteiger partial charge in [0.15, 0.2) is 11.9 Å². The van der Waals surface area contributed by atoms with Crippen molar-refractivity contribution in [3.63, 3.8) is 0 Å². The molecular weight excluding hydrogens is 192 g/mol. The molecule has 72 valence electrons. The lowest BCUT2D eigenvalue weighted by atomic mass is 10.3. The Kier molecular flexibility index (Phi) is 1.53. The predicted octanol–water partition coefficient (Wildman–Crippen LogP) is 1.09. The van der Waals surface area contributed by atoms with Crippen molar-refractivity contribution in [2.24, 2.45) is 0 Å². The highest BCUT2D eigenvalue weighted by molar-refractivity contribution is 5.78. The van der Waals surface area contributed by atoms with Crippen LogP contribution in [0.2, 0.25) is 0 Å². The smallest absolute Gasteiger partial charge is 0.215 e. The zero-order chi connectivity index (χ0) is 10.3. The minimum atomic E-state index is 0.186. The van der Waals surface area contributed by atoms with E-state index < -0.39 is 0 Å². The molecule has 0 aromatic carbocycles. The third kappa shape index (κ3) is 1.10. The lowest BCUT2D eigenvalue weighted by Crippen LogP contribution is -1.91. The van der Waals surface area contributed by atoms with E-state index in [9.17, 15) is 4.79 Å². The summed E-state index contributed by atoms with van der Waals surface area (Å²) in [5.41, 5.74) is 2.32. The first-order valence-electron chi connectivity index (χ1n) is 4.44. The Hall–Kier alpha value is -2.30. The maximum atomic E-state index is 10.6. The number of rotatable bonds is 1. The van der Waals surface area contributed by atoms with Crippen LogP contribution in [-0.2, 0) is 0 Å². The second-order valence-electron chi connectivity index (χ2n) is 3.10. The molecule has 0 unspecified atom stereocenters. The first-order chi connectivity index (χ1) is 7.38. The third-order valence-electron chi connectivity index (χ3n) is 2.19. The summed E-state index contributed by atoms with van der Waals surface area (Å²) in [6.07, 6.45) is 2.35. The number of hydrogen-bond donors (Lipinski definition) is 0. The van der Waals surface area contributed by atoms with Gasteiger partial charge in [-0.2, -0.15) is 0 Å². The number of hydrogen-bond acceptors (Lipinski definition) is 4. The van der Waals surface area contributed by atoms with Crippen LogP contribution < -0.4 is 0 Å². The lowest BCUT2D eigenvalue weighted by Gasteiger charge is -1.97. The number of nitrogens with zero attached hydrogens (tertiary/aromatic N) is 4. The van der Waals surface area contributed by atoms with Crippen LogP contribution in [0.5, 0.6) is 0 Å². The first kappa shape index (κ1) is 8.05. The average Bonchev–Trinajstić information content (AvgIpc) is 2.72. The van der Waals surface area contributed by atoms with Gasteiger partial charge in [-0.25, -0.2) is 9.50 Å². The van der Waals surface area contributed by atoms with Crippen LogP contribution in [0.3, 0.4) is 0 Å². The highest BCUT2D eigenvalue weighted by Gasteiger charge is 2.05. The van der Waals surface area contributed by atoms with Crippen LogP contribution in [0.15, 0.2) is 30.5 Å². The number of aldehydes is 1. The Balaban J connectivity index is 2.52. The van der Waals surface area contributed by atoms with E-state index in [1.807, 2.05) is 18.2 Å². The fourth-order valence-electron chi connectivity index (χ4n) is 1.55. The van der Waals surface area contributed by atoms with Crippen LogP contribution in [0.4, 0.5) is 0 Å². The molecule has 3 rings (SSSR count). The number of carbonyl (C=O) groups excluding carboxylic acids is 1. The topological polar surface area (TPSA) is 60.2 Å². The van der Waals surface area contributed by atoms with E-state index in [1.165, 1.54) is 0 Å². The third-order valence-corrected chi connectivity index (χ3v) is 2.19. The fraction of sp³-hybridized carbons (Fsp3) is 0. The lowest BCUT2D eigenvalue weighted by molar-refractivity contribution is 0.111. The Morgan fingerprint density at radius 2 is 2.20 bits per heavy atom. The minimum absolute atomic E-state index is 0.186. The summed E-state index contributed by atoms with van der Waals surface area (Å²) in [4.78, 5) is 18.8. The van der Waals surface area contributed by atoms with Crippen molar-refractivity contribution < 1.29 is 4.79 Å². The molecule has 0 amide bonds. The molecule has 0 spiro atoms. The Bertz CT molecular complexity index is 659. The molecule has 5 heteroatoms. The quantitative estimate of drug-likeness (QED) is 0.549. The molecule has 0 aliphatic heterocycles. The predicted molar refractivity (Wildman–Crippen MR) is 53.7 cm³/mol. The summed E-state index contributed by atoms with van der Waals surface area (Å²) in [5, 5.41) is 4.06. The molecule has 5 nitrogen and oxygen atoms in total. The van der Waals surface area contributed by atoms with Crippen molar-refractivity contribution in [1.82, 2.24) is 19.6 Å². The van der Waals surface area contributed by atoms with Gasteiger partial charge in [-0.3, -0.25) is 9.78 Å². The summed E-state index contributed by atoms with van der Waals surface area (Å²) in [6, 6.07) is 7.35. The second-order valence-corrected chi connectivity index (χ2v) is 3.10. The highest BCUT2D eigenvalue weighted by atomic mass is 16.1. The molecule has 0 radical (unpaired) electrons. The normalized spacial score (nSPS) is 10.9. The standard InChI is InChI=1S/C10H6N4O/c15-6-9-12-10-4-3-7-8(14(10)13-9)2-1-5-11-7/h1-6H. The van der Waals surface area contributed by atoms with Gasteiger partial charge in [0.2, 0.25) is 5.82 Å². The van der Waals surface area contributed by atoms with E-state index in [-0.39, 0.29) is 5.82 Å². The van der Waals surface area contributed by atoms with Gasteiger partial charge >= 0.3 is 0 Å². The van der Waals surface area contributed by atoms with E-state index in [4.69, 9.17) is 0 Å². The number of fused-ring (bicyclic) bond motifs is 3. The van der Waals surface area contributed by atoms with Crippen LogP contribution in [0.25, 0.3) is 16.7 Å². The Morgan fingerprint density at radius 3 is 3.07 bits per heavy atom. The van der Waals surface area contributed by atoms with E-state index in [1.54, 1.807) is 16.8 Å². The number of pyridine rings is 2. The Morgan fingerprint density at radius 1 is 1.27 bits per heavy atom. The maximum absolute atomic E-state index is 10.6. The molecule has 15 heavy (non-hydrogen) atoms. The van der Waals surface area contributed by atoms with Crippen LogP contribution in [0, 0.1) is 0 Å². The molecule has 0 aliphatic rings. The number of carbonyl (C=O) groups is 1. The van der Waals surface area contributed by atoms with Crippen molar-refractivity contribution in [3.05, 3.63) is 36.3 Å². The summed E-state index contributed by atoms with van der Waals surface area (Å²) in [6.45, 7) is 0. The first-order valence-corrected chi connectivity index (χ1v) is 4.44. The molecule has 3 heterocycles. The summed E-state index contributed by atoms with van der Waals surface area (Å²) in [5.74, 6) is 0.186. The van der Waals surface area contributed by atoms with Gasteiger partial charge in [-0.15, -0.1) is 5.10 Å². The molecule has 0 saturated heterocycles. The Labute approximate surface area is 84.4 Å². The zero-order valence-electron chi connectivity index (χ0n) is 7.66. The molecule has 0 saturated carbocycles. The van der Waals surface area contributed by atoms with E-state index in [2.05, 4.69) is 15.1 Å². The summed E-state index contributed by atoms with van der Waals surface area (Å²) in [7, 11) is 0. The van der Waals surface area contributed by atoms with Crippen molar-refractivity contribution in [2.75, 3.05) is 0 Å². The van der Waals surface area contributed by atoms with Crippen LogP contribution in [-0.4, -0.2) is 25.9 Å². The van der Waals surface area contributed by atoms with Gasteiger partial charge in [-0.1, -0.05) is 0 Å². The van der Waals surface area contributed by atoms with Gasteiger partial charge in [0, 0.05) is 6.20 Å². The van der Waals surface area contributed by atoms with Gasteiger partial charge in [-0.05, 0) is 24.3 Å². The molecule has 0 atom stereocenters. The van der Waals surface area contributed by atoms with Crippen molar-refractivity contribution in [2.45, 2.75) is 0 Å². The van der Waals surface area contributed by atoms with Crippen molar-refractivity contribution >= 4 is 23.0 Å². The SMILES string of the molecule is O=Cc1nc2ccc3ncccc3n2n1. The molecule has 0 bridgehead atoms. The fourth-order valence-corrected chi connectivity index (χ4v) is 1.55. The van der Waals surface area contributed by atoms with Crippen LogP contribution in [0.1, 0.15) is 10.6 Å². The van der Waals surface area contributed by atoms with Gasteiger partial charge in [0.05, 0.1) is 11.0 Å². The average molecular weight is 198 g/mol. The largest absolute Gasteiger partial charge is 0.294 e. The van der Waals surface area contributed by atoms with E-state index in [0.29, 0.717) is 11.9 Å². The van der Waals surface area contributed by atoms with Gasteiger partial charge < -0.3 is 0 Å². The molecule has 0 fully saturated rings. The zero-order valence-corrected chi connectivity index (χ0v) is 7.66. The van der Waals surface area contributed by atoms with Crippen molar-refractivity contribution in [1.29, 1.82) is 0 Å². The molecular formula is C10H6N4O. The van der Waals surface area contributed by atoms with Crippen LogP contribution >= 0.6 is 0 Å². The van der Waals surface area contributed by atoms with E-state index >= 15 is 0 Å². The molecule has 3 aromatic rings. The number of aromatic nitrogens is 4. The van der Waals surface area contributed by atoms with Gasteiger partial charge in [0.1, 0.15) is 0 Å². The van der Waals surface area contributed by atoms with Gasteiger partial charge in [0.25, 0.3) is 0 Å². The van der Waals surface area contributed by atoms with E-state index in [0.717, 1.165) is 11.0 Å². The minimum Gasteiger partial charge on any atom is -0.294 e. The highest BCUT2D eigenvalue weighted by Crippen LogP contribution is 2.12. The molecule has 0 N–H and O–H groups in total.